The molecule has 0 amide bonds. The highest BCUT2D eigenvalue weighted by molar-refractivity contribution is 6.42. The van der Waals surface area contributed by atoms with Gasteiger partial charge in [0.15, 0.2) is 0 Å². The zero-order chi connectivity index (χ0) is 26.3. The highest BCUT2D eigenvalue weighted by Crippen LogP contribution is 2.47. The van der Waals surface area contributed by atoms with Gasteiger partial charge in [-0.1, -0.05) is 124 Å². The summed E-state index contributed by atoms with van der Waals surface area (Å²) in [6.45, 7) is 6.83. The van der Waals surface area contributed by atoms with Gasteiger partial charge in [-0.15, -0.1) is 0 Å². The molecule has 0 N–H and O–H groups in total. The number of hydrogen-bond acceptors (Lipinski definition) is 0. The van der Waals surface area contributed by atoms with E-state index in [4.69, 9.17) is 0 Å². The van der Waals surface area contributed by atoms with Crippen LogP contribution in [0.25, 0.3) is 70.6 Å². The van der Waals surface area contributed by atoms with E-state index in [1.165, 1.54) is 76.1 Å². The van der Waals surface area contributed by atoms with E-state index in [0.29, 0.717) is 0 Å². The van der Waals surface area contributed by atoms with Crippen molar-refractivity contribution in [3.8, 4) is 5.69 Å². The summed E-state index contributed by atoms with van der Waals surface area (Å²) >= 11 is 0. The van der Waals surface area contributed by atoms with Crippen LogP contribution in [-0.4, -0.2) is 4.57 Å². The third kappa shape index (κ3) is 3.08. The molecule has 186 valence electrons. The van der Waals surface area contributed by atoms with E-state index in [0.717, 1.165) is 0 Å². The van der Waals surface area contributed by atoms with E-state index in [1.807, 2.05) is 0 Å². The molecular weight excluding hydrogens is 470 g/mol. The van der Waals surface area contributed by atoms with Crippen molar-refractivity contribution >= 4 is 64.9 Å². The number of nitrogens with zero attached hydrogens (tertiary/aromatic N) is 1. The Balaban J connectivity index is 1.69. The van der Waals surface area contributed by atoms with Gasteiger partial charge < -0.3 is 4.57 Å². The lowest BCUT2D eigenvalue weighted by molar-refractivity contribution is 0.590. The minimum Gasteiger partial charge on any atom is -0.309 e. The Morgan fingerprint density at radius 3 is 1.46 bits per heavy atom. The Morgan fingerprint density at radius 2 is 0.872 bits per heavy atom. The first kappa shape index (κ1) is 22.4. The SMILES string of the molecule is CC(C)(C)c1ccc(-n2c3ccccc3c3c4c5ccccc5c5ccccc5c4c4ccccc4c32)cc1. The molecule has 0 aliphatic heterocycles. The van der Waals surface area contributed by atoms with Crippen LogP contribution in [-0.2, 0) is 5.41 Å². The van der Waals surface area contributed by atoms with Crippen molar-refractivity contribution in [2.75, 3.05) is 0 Å². The summed E-state index contributed by atoms with van der Waals surface area (Å²) in [6, 6.07) is 44.9. The maximum Gasteiger partial charge on any atom is 0.0626 e. The first-order valence-corrected chi connectivity index (χ1v) is 13.8. The van der Waals surface area contributed by atoms with Gasteiger partial charge in [-0.25, -0.2) is 0 Å². The Bertz CT molecular complexity index is 2240. The lowest BCUT2D eigenvalue weighted by Crippen LogP contribution is -2.10. The molecule has 0 radical (unpaired) electrons. The molecule has 0 saturated heterocycles. The Labute approximate surface area is 227 Å². The zero-order valence-corrected chi connectivity index (χ0v) is 22.5. The van der Waals surface area contributed by atoms with Crippen molar-refractivity contribution in [3.05, 3.63) is 127 Å². The van der Waals surface area contributed by atoms with Crippen molar-refractivity contribution in [1.29, 1.82) is 0 Å². The molecule has 1 heteroatoms. The van der Waals surface area contributed by atoms with Gasteiger partial charge in [-0.3, -0.25) is 0 Å². The van der Waals surface area contributed by atoms with Crippen LogP contribution in [0.1, 0.15) is 26.3 Å². The first-order valence-electron chi connectivity index (χ1n) is 13.8. The second-order valence-electron chi connectivity index (χ2n) is 11.8. The molecule has 0 bridgehead atoms. The molecule has 7 aromatic carbocycles. The van der Waals surface area contributed by atoms with E-state index in [-0.39, 0.29) is 5.41 Å². The molecule has 8 rings (SSSR count). The predicted molar refractivity (Wildman–Crippen MR) is 170 cm³/mol. The van der Waals surface area contributed by atoms with Gasteiger partial charge >= 0.3 is 0 Å². The van der Waals surface area contributed by atoms with Crippen LogP contribution in [0.2, 0.25) is 0 Å². The van der Waals surface area contributed by atoms with E-state index in [2.05, 4.69) is 147 Å². The quantitative estimate of drug-likeness (QED) is 0.198. The average Bonchev–Trinajstić information content (AvgIpc) is 3.32. The summed E-state index contributed by atoms with van der Waals surface area (Å²) in [7, 11) is 0. The Kier molecular flexibility index (Phi) is 4.56. The minimum absolute atomic E-state index is 0.113. The van der Waals surface area contributed by atoms with Crippen molar-refractivity contribution < 1.29 is 0 Å². The summed E-state index contributed by atoms with van der Waals surface area (Å²) in [6.07, 6.45) is 0. The highest BCUT2D eigenvalue weighted by atomic mass is 15.0. The third-order valence-electron chi connectivity index (χ3n) is 8.50. The van der Waals surface area contributed by atoms with Crippen molar-refractivity contribution in [3.63, 3.8) is 0 Å². The maximum absolute atomic E-state index is 2.49. The molecule has 0 aliphatic carbocycles. The molecule has 0 spiro atoms. The number of rotatable bonds is 1. The van der Waals surface area contributed by atoms with Crippen molar-refractivity contribution in [2.24, 2.45) is 0 Å². The van der Waals surface area contributed by atoms with E-state index in [1.54, 1.807) is 0 Å². The lowest BCUT2D eigenvalue weighted by Gasteiger charge is -2.20. The first-order chi connectivity index (χ1) is 19.0. The van der Waals surface area contributed by atoms with Crippen LogP contribution < -0.4 is 0 Å². The summed E-state index contributed by atoms with van der Waals surface area (Å²) < 4.78 is 2.49. The third-order valence-corrected chi connectivity index (χ3v) is 8.50. The molecule has 1 heterocycles. The zero-order valence-electron chi connectivity index (χ0n) is 22.5. The van der Waals surface area contributed by atoms with Crippen LogP contribution in [0.3, 0.4) is 0 Å². The van der Waals surface area contributed by atoms with Crippen LogP contribution in [0.5, 0.6) is 0 Å². The van der Waals surface area contributed by atoms with Gasteiger partial charge in [0.2, 0.25) is 0 Å². The van der Waals surface area contributed by atoms with Gasteiger partial charge in [0.05, 0.1) is 11.0 Å². The molecule has 0 fully saturated rings. The lowest BCUT2D eigenvalue weighted by atomic mass is 9.87. The van der Waals surface area contributed by atoms with Crippen molar-refractivity contribution in [2.45, 2.75) is 26.2 Å². The van der Waals surface area contributed by atoms with Crippen LogP contribution in [0.4, 0.5) is 0 Å². The maximum atomic E-state index is 2.49. The summed E-state index contributed by atoms with van der Waals surface area (Å²) in [5, 5.41) is 13.2. The standard InChI is InChI=1S/C38H29N/c1-38(2,3)24-20-22-25(23-21-24)39-33-19-11-10-18-32(33)36-35-29-15-7-5-13-27(29)26-12-4-6-14-28(26)34(35)30-16-8-9-17-31(30)37(36)39/h4-23H,1-3H3. The molecule has 39 heavy (non-hydrogen) atoms. The molecule has 1 aromatic heterocycles. The topological polar surface area (TPSA) is 4.93 Å². The molecule has 1 nitrogen and oxygen atoms in total. The fourth-order valence-corrected chi connectivity index (χ4v) is 6.72. The van der Waals surface area contributed by atoms with Crippen molar-refractivity contribution in [1.82, 2.24) is 4.57 Å². The number of hydrogen-bond donors (Lipinski definition) is 0. The highest BCUT2D eigenvalue weighted by Gasteiger charge is 2.22. The molecule has 0 saturated carbocycles. The van der Waals surface area contributed by atoms with Gasteiger partial charge in [-0.2, -0.15) is 0 Å². The van der Waals surface area contributed by atoms with E-state index in [9.17, 15) is 0 Å². The van der Waals surface area contributed by atoms with Crippen LogP contribution >= 0.6 is 0 Å². The second kappa shape index (κ2) is 7.94. The normalized spacial score (nSPS) is 12.5. The Hall–Kier alpha value is -4.62. The fraction of sp³-hybridized carbons (Fsp3) is 0.105. The molecular formula is C38H29N. The molecule has 8 aromatic rings. The predicted octanol–water partition coefficient (Wildman–Crippen LogP) is 10.7. The van der Waals surface area contributed by atoms with E-state index < -0.39 is 0 Å². The Morgan fingerprint density at radius 1 is 0.410 bits per heavy atom. The monoisotopic (exact) mass is 499 g/mol. The smallest absolute Gasteiger partial charge is 0.0626 e. The van der Waals surface area contributed by atoms with Gasteiger partial charge in [0.1, 0.15) is 0 Å². The number of fused-ring (bicyclic) bond motifs is 13. The van der Waals surface area contributed by atoms with Crippen LogP contribution in [0, 0.1) is 0 Å². The number of aromatic nitrogens is 1. The van der Waals surface area contributed by atoms with E-state index >= 15 is 0 Å². The minimum atomic E-state index is 0.113. The molecule has 0 aliphatic rings. The summed E-state index contributed by atoms with van der Waals surface area (Å²) in [5.74, 6) is 0. The second-order valence-corrected chi connectivity index (χ2v) is 11.8. The molecule has 0 atom stereocenters. The largest absolute Gasteiger partial charge is 0.309 e. The van der Waals surface area contributed by atoms with Gasteiger partial charge in [0.25, 0.3) is 0 Å². The van der Waals surface area contributed by atoms with Gasteiger partial charge in [0, 0.05) is 27.2 Å². The average molecular weight is 500 g/mol. The van der Waals surface area contributed by atoms with Gasteiger partial charge in [-0.05, 0) is 61.5 Å². The van der Waals surface area contributed by atoms with Crippen LogP contribution in [0.15, 0.2) is 121 Å². The summed E-state index contributed by atoms with van der Waals surface area (Å²) in [4.78, 5) is 0. The summed E-state index contributed by atoms with van der Waals surface area (Å²) in [5.41, 5.74) is 5.18. The molecule has 0 unspecified atom stereocenters. The number of para-hydroxylation sites is 1. The number of benzene rings is 7. The fourth-order valence-electron chi connectivity index (χ4n) is 6.72.